The van der Waals surface area contributed by atoms with Crippen molar-refractivity contribution in [2.45, 2.75) is 303 Å². The maximum absolute atomic E-state index is 13.4. The fraction of sp³-hybridized carbons (Fsp3) is 0.930. The van der Waals surface area contributed by atoms with Crippen LogP contribution in [0.15, 0.2) is 12.2 Å². The molecule has 0 spiro atoms. The van der Waals surface area contributed by atoms with Gasteiger partial charge in [0, 0.05) is 12.8 Å². The minimum atomic E-state index is -4.43. The number of carbonyl (C=O) groups excluding carboxylic acids is 2. The highest BCUT2D eigenvalue weighted by atomic mass is 31.2. The molecule has 10 heteroatoms. The average Bonchev–Trinajstić information content (AvgIpc) is 3.28. The van der Waals surface area contributed by atoms with Crippen molar-refractivity contribution >= 4 is 19.7 Å². The van der Waals surface area contributed by atoms with Crippen LogP contribution in [0.5, 0.6) is 0 Å². The highest BCUT2D eigenvalue weighted by Crippen LogP contribution is 2.43. The number of rotatable bonds is 53. The Morgan fingerprint density at radius 2 is 0.851 bits per heavy atom. The van der Waals surface area contributed by atoms with Crippen LogP contribution in [0.2, 0.25) is 0 Å². The lowest BCUT2D eigenvalue weighted by Gasteiger charge is -2.27. The van der Waals surface area contributed by atoms with Gasteiger partial charge in [0.25, 0.3) is 0 Å². The minimum Gasteiger partial charge on any atom is -0.456 e. The molecule has 0 fully saturated rings. The number of ether oxygens (including phenoxy) is 1. The van der Waals surface area contributed by atoms with Crippen molar-refractivity contribution < 1.29 is 37.3 Å². The van der Waals surface area contributed by atoms with Gasteiger partial charge in [-0.15, -0.1) is 0 Å². The quantitative estimate of drug-likeness (QED) is 0.0205. The van der Waals surface area contributed by atoms with Gasteiger partial charge < -0.3 is 19.4 Å². The molecule has 0 saturated heterocycles. The highest BCUT2D eigenvalue weighted by molar-refractivity contribution is 7.47. The van der Waals surface area contributed by atoms with E-state index in [0.717, 1.165) is 57.8 Å². The maximum atomic E-state index is 13.4. The van der Waals surface area contributed by atoms with Gasteiger partial charge in [-0.2, -0.15) is 0 Å². The first-order valence-electron chi connectivity index (χ1n) is 29.0. The second-order valence-corrected chi connectivity index (χ2v) is 22.6. The fourth-order valence-electron chi connectivity index (χ4n) is 8.71. The van der Waals surface area contributed by atoms with E-state index in [9.17, 15) is 19.0 Å². The van der Waals surface area contributed by atoms with E-state index in [2.05, 4.69) is 26.1 Å². The molecule has 0 rings (SSSR count). The summed E-state index contributed by atoms with van der Waals surface area (Å²) in [6.07, 6.45) is 53.5. The Morgan fingerprint density at radius 3 is 1.22 bits per heavy atom. The molecule has 0 aromatic heterocycles. The highest BCUT2D eigenvalue weighted by Gasteiger charge is 2.30. The molecule has 398 valence electrons. The second-order valence-electron chi connectivity index (χ2n) is 21.2. The molecule has 0 aliphatic heterocycles. The number of nitrogens with one attached hydrogen (secondary N) is 1. The Hall–Kier alpha value is -1.25. The van der Waals surface area contributed by atoms with E-state index in [1.807, 2.05) is 33.3 Å². The lowest BCUT2D eigenvalue weighted by Crippen LogP contribution is -2.47. The van der Waals surface area contributed by atoms with Gasteiger partial charge in [-0.05, 0) is 31.8 Å². The lowest BCUT2D eigenvalue weighted by molar-refractivity contribution is -0.870. The number of phosphoric ester groups is 1. The number of hydrogen-bond acceptors (Lipinski definition) is 6. The van der Waals surface area contributed by atoms with E-state index >= 15 is 0 Å². The van der Waals surface area contributed by atoms with Crippen LogP contribution in [0.25, 0.3) is 0 Å². The van der Waals surface area contributed by atoms with E-state index < -0.39 is 20.0 Å². The summed E-state index contributed by atoms with van der Waals surface area (Å²) in [4.78, 5) is 37.5. The summed E-state index contributed by atoms with van der Waals surface area (Å²) < 4.78 is 30.6. The number of esters is 1. The van der Waals surface area contributed by atoms with Gasteiger partial charge in [-0.3, -0.25) is 18.6 Å². The largest absolute Gasteiger partial charge is 0.472 e. The smallest absolute Gasteiger partial charge is 0.456 e. The molecule has 0 aromatic rings. The molecule has 0 heterocycles. The van der Waals surface area contributed by atoms with Crippen LogP contribution in [0.4, 0.5) is 0 Å². The zero-order chi connectivity index (χ0) is 49.4. The number of unbranched alkanes of at least 4 members (excludes halogenated alkanes) is 37. The van der Waals surface area contributed by atoms with Gasteiger partial charge in [0.05, 0.1) is 33.8 Å². The van der Waals surface area contributed by atoms with Crippen molar-refractivity contribution in [2.24, 2.45) is 0 Å². The van der Waals surface area contributed by atoms with Gasteiger partial charge in [-0.25, -0.2) is 4.57 Å². The Labute approximate surface area is 416 Å². The van der Waals surface area contributed by atoms with Crippen LogP contribution < -0.4 is 5.32 Å². The summed E-state index contributed by atoms with van der Waals surface area (Å²) in [7, 11) is 1.51. The number of allylic oxidation sites excluding steroid dienone is 1. The molecule has 0 aliphatic rings. The monoisotopic (exact) mass is 970 g/mol. The van der Waals surface area contributed by atoms with Crippen molar-refractivity contribution in [3.05, 3.63) is 12.2 Å². The van der Waals surface area contributed by atoms with Crippen LogP contribution in [-0.2, 0) is 27.9 Å². The minimum absolute atomic E-state index is 0.0453. The van der Waals surface area contributed by atoms with Crippen molar-refractivity contribution in [1.82, 2.24) is 5.32 Å². The number of quaternary nitrogens is 1. The van der Waals surface area contributed by atoms with Gasteiger partial charge in [-0.1, -0.05) is 258 Å². The first-order valence-corrected chi connectivity index (χ1v) is 30.5. The molecule has 0 saturated carbocycles. The van der Waals surface area contributed by atoms with E-state index in [0.29, 0.717) is 23.9 Å². The van der Waals surface area contributed by atoms with Crippen LogP contribution in [-0.4, -0.2) is 74.3 Å². The molecule has 0 bridgehead atoms. The molecule has 67 heavy (non-hydrogen) atoms. The van der Waals surface area contributed by atoms with Gasteiger partial charge in [0.15, 0.2) is 0 Å². The third-order valence-electron chi connectivity index (χ3n) is 13.2. The van der Waals surface area contributed by atoms with Gasteiger partial charge >= 0.3 is 13.8 Å². The molecular formula is C57H114N2O7P+. The van der Waals surface area contributed by atoms with Crippen LogP contribution >= 0.6 is 7.82 Å². The summed E-state index contributed by atoms with van der Waals surface area (Å²) >= 11 is 0. The molecule has 3 unspecified atom stereocenters. The maximum Gasteiger partial charge on any atom is 0.472 e. The zero-order valence-corrected chi connectivity index (χ0v) is 46.3. The number of phosphoric acid groups is 1. The zero-order valence-electron chi connectivity index (χ0n) is 45.4. The Balaban J connectivity index is 5.19. The molecular weight excluding hydrogens is 856 g/mol. The predicted molar refractivity (Wildman–Crippen MR) is 287 cm³/mol. The molecule has 3 atom stereocenters. The number of hydrogen-bond donors (Lipinski definition) is 2. The summed E-state index contributed by atoms with van der Waals surface area (Å²) in [6.45, 7) is 7.03. The normalized spacial score (nSPS) is 13.8. The standard InChI is InChI=1S/C57H113N2O7P/c1-7-10-13-16-19-22-25-26-27-28-29-30-31-32-35-38-41-44-47-50-57(61)66-55(48-45-42-39-36-33-23-20-17-14-11-8-2)54(53-65-67(62,63)64-52-51-59(4,5)6)58-56(60)49-46-43-40-37-34-24-21-18-15-12-9-3/h45,48,54-55H,7-44,46-47,49-53H2,1-6H3,(H-,58,60,62,63)/p+1/b48-45-. The lowest BCUT2D eigenvalue weighted by atomic mass is 10.0. The average molecular weight is 971 g/mol. The molecule has 0 radical (unpaired) electrons. The summed E-state index contributed by atoms with van der Waals surface area (Å²) in [5.41, 5.74) is 0. The van der Waals surface area contributed by atoms with Crippen LogP contribution in [0.3, 0.4) is 0 Å². The van der Waals surface area contributed by atoms with E-state index in [4.69, 9.17) is 13.8 Å². The summed E-state index contributed by atoms with van der Waals surface area (Å²) in [5.74, 6) is -0.490. The molecule has 2 N–H and O–H groups in total. The van der Waals surface area contributed by atoms with E-state index in [1.165, 1.54) is 199 Å². The number of carbonyl (C=O) groups is 2. The van der Waals surface area contributed by atoms with Gasteiger partial charge in [0.2, 0.25) is 5.91 Å². The number of amides is 1. The van der Waals surface area contributed by atoms with E-state index in [1.54, 1.807) is 0 Å². The fourth-order valence-corrected chi connectivity index (χ4v) is 9.44. The second kappa shape index (κ2) is 48.4. The van der Waals surface area contributed by atoms with Crippen molar-refractivity contribution in [3.63, 3.8) is 0 Å². The van der Waals surface area contributed by atoms with Crippen LogP contribution in [0, 0.1) is 0 Å². The molecule has 9 nitrogen and oxygen atoms in total. The van der Waals surface area contributed by atoms with Crippen LogP contribution in [0.1, 0.15) is 290 Å². The van der Waals surface area contributed by atoms with Gasteiger partial charge in [0.1, 0.15) is 19.3 Å². The molecule has 1 amide bonds. The first kappa shape index (κ1) is 65.8. The Morgan fingerprint density at radius 1 is 0.507 bits per heavy atom. The van der Waals surface area contributed by atoms with E-state index in [-0.39, 0.29) is 25.1 Å². The van der Waals surface area contributed by atoms with Crippen molar-refractivity contribution in [3.8, 4) is 0 Å². The topological polar surface area (TPSA) is 111 Å². The van der Waals surface area contributed by atoms with Crippen molar-refractivity contribution in [1.29, 1.82) is 0 Å². The Bertz CT molecular complexity index is 1160. The SMILES string of the molecule is CCCCCCCCCCC/C=C\C(OC(=O)CCCCCCCCCCCCCCCCCCCCC)C(COP(=O)(O)OCC[N+](C)(C)C)NC(=O)CCCCCCCCCCCCC. The summed E-state index contributed by atoms with van der Waals surface area (Å²) in [5, 5.41) is 3.05. The van der Waals surface area contributed by atoms with Crippen molar-refractivity contribution in [2.75, 3.05) is 40.9 Å². The third kappa shape index (κ3) is 49.5. The molecule has 0 aromatic carbocycles. The number of nitrogens with zero attached hydrogens (tertiary/aromatic N) is 1. The summed E-state index contributed by atoms with van der Waals surface area (Å²) in [6, 6.07) is -0.837. The Kier molecular flexibility index (Phi) is 47.5. The predicted octanol–water partition coefficient (Wildman–Crippen LogP) is 17.2. The third-order valence-corrected chi connectivity index (χ3v) is 14.2. The number of likely N-dealkylation sites (N-methyl/N-ethyl adjacent to an activating group) is 1. The first-order chi connectivity index (χ1) is 32.4. The molecule has 0 aliphatic carbocycles.